The quantitative estimate of drug-likeness (QED) is 0.853. The van der Waals surface area contributed by atoms with Crippen LogP contribution in [-0.2, 0) is 11.3 Å². The number of hydrogen-bond donors (Lipinski definition) is 1. The molecule has 100 valence electrons. The molecule has 0 spiro atoms. The summed E-state index contributed by atoms with van der Waals surface area (Å²) in [5.41, 5.74) is -0.628. The number of likely N-dealkylation sites (tertiary alicyclic amines) is 1. The number of carbonyl (C=O) groups is 1. The Hall–Kier alpha value is -1.33. The lowest BCUT2D eigenvalue weighted by atomic mass is 9.97. The molecule has 0 unspecified atom stereocenters. The number of aliphatic hydroxyl groups is 1. The molecule has 0 radical (unpaired) electrons. The Labute approximate surface area is 107 Å². The molecule has 1 fully saturated rings. The second kappa shape index (κ2) is 4.74. The second-order valence-corrected chi connectivity index (χ2v) is 5.40. The fourth-order valence-corrected chi connectivity index (χ4v) is 2.23. The van der Waals surface area contributed by atoms with Crippen LogP contribution in [-0.4, -0.2) is 53.1 Å². The molecule has 0 saturated carbocycles. The Balaban J connectivity index is 1.79. The van der Waals surface area contributed by atoms with Crippen LogP contribution in [0.15, 0.2) is 16.5 Å². The molecule has 1 aromatic rings. The molecule has 1 saturated heterocycles. The van der Waals surface area contributed by atoms with Crippen LogP contribution in [0.25, 0.3) is 0 Å². The van der Waals surface area contributed by atoms with Crippen molar-refractivity contribution in [1.82, 2.24) is 9.80 Å². The predicted molar refractivity (Wildman–Crippen MR) is 67.0 cm³/mol. The van der Waals surface area contributed by atoms with Crippen molar-refractivity contribution in [3.05, 3.63) is 23.7 Å². The molecule has 0 aliphatic carbocycles. The number of nitrogens with zero attached hydrogens (tertiary/aromatic N) is 2. The molecule has 1 aliphatic rings. The van der Waals surface area contributed by atoms with Crippen molar-refractivity contribution in [2.75, 3.05) is 26.7 Å². The summed E-state index contributed by atoms with van der Waals surface area (Å²) in [7, 11) is 1.76. The third-order valence-electron chi connectivity index (χ3n) is 3.10. The molecule has 1 aliphatic heterocycles. The minimum absolute atomic E-state index is 0.0413. The normalized spacial score (nSPS) is 18.4. The highest BCUT2D eigenvalue weighted by atomic mass is 16.3. The van der Waals surface area contributed by atoms with Gasteiger partial charge in [0, 0.05) is 20.1 Å². The molecular formula is C13H20N2O3. The second-order valence-electron chi connectivity index (χ2n) is 5.40. The Bertz CT molecular complexity index is 431. The lowest BCUT2D eigenvalue weighted by molar-refractivity contribution is -0.139. The van der Waals surface area contributed by atoms with E-state index >= 15 is 0 Å². The molecule has 0 bridgehead atoms. The lowest BCUT2D eigenvalue weighted by Gasteiger charge is -2.44. The summed E-state index contributed by atoms with van der Waals surface area (Å²) in [6.07, 6.45) is 0. The maximum atomic E-state index is 11.9. The van der Waals surface area contributed by atoms with E-state index < -0.39 is 5.60 Å². The minimum atomic E-state index is -0.628. The molecule has 1 aromatic heterocycles. The summed E-state index contributed by atoms with van der Waals surface area (Å²) in [5.74, 6) is 1.68. The predicted octanol–water partition coefficient (Wildman–Crippen LogP) is 0.613. The van der Waals surface area contributed by atoms with E-state index in [1.165, 1.54) is 0 Å². The average molecular weight is 252 g/mol. The van der Waals surface area contributed by atoms with Crippen LogP contribution in [0.3, 0.4) is 0 Å². The average Bonchev–Trinajstić information content (AvgIpc) is 2.61. The molecule has 5 nitrogen and oxygen atoms in total. The summed E-state index contributed by atoms with van der Waals surface area (Å²) in [6, 6.07) is 3.77. The largest absolute Gasteiger partial charge is 0.464 e. The highest BCUT2D eigenvalue weighted by Gasteiger charge is 2.37. The van der Waals surface area contributed by atoms with Gasteiger partial charge in [0.2, 0.25) is 5.91 Å². The van der Waals surface area contributed by atoms with Crippen molar-refractivity contribution in [2.24, 2.45) is 0 Å². The van der Waals surface area contributed by atoms with Crippen molar-refractivity contribution >= 4 is 5.91 Å². The molecule has 2 rings (SSSR count). The van der Waals surface area contributed by atoms with E-state index in [2.05, 4.69) is 0 Å². The molecule has 1 N–H and O–H groups in total. The Morgan fingerprint density at radius 1 is 1.56 bits per heavy atom. The van der Waals surface area contributed by atoms with E-state index in [0.29, 0.717) is 26.2 Å². The van der Waals surface area contributed by atoms with Crippen molar-refractivity contribution in [3.63, 3.8) is 0 Å². The van der Waals surface area contributed by atoms with Crippen LogP contribution in [0.1, 0.15) is 18.4 Å². The van der Waals surface area contributed by atoms with Gasteiger partial charge < -0.3 is 14.4 Å². The van der Waals surface area contributed by atoms with Crippen LogP contribution in [0, 0.1) is 6.92 Å². The maximum Gasteiger partial charge on any atom is 0.236 e. The monoisotopic (exact) mass is 252 g/mol. The smallest absolute Gasteiger partial charge is 0.236 e. The van der Waals surface area contributed by atoms with Gasteiger partial charge in [-0.2, -0.15) is 0 Å². The van der Waals surface area contributed by atoms with Gasteiger partial charge in [0.15, 0.2) is 0 Å². The van der Waals surface area contributed by atoms with Crippen molar-refractivity contribution < 1.29 is 14.3 Å². The van der Waals surface area contributed by atoms with Crippen molar-refractivity contribution in [3.8, 4) is 0 Å². The third kappa shape index (κ3) is 3.11. The highest BCUT2D eigenvalue weighted by molar-refractivity contribution is 5.78. The van der Waals surface area contributed by atoms with Gasteiger partial charge in [0.25, 0.3) is 0 Å². The maximum absolute atomic E-state index is 11.9. The zero-order valence-electron chi connectivity index (χ0n) is 11.1. The van der Waals surface area contributed by atoms with Gasteiger partial charge in [0.1, 0.15) is 11.5 Å². The highest BCUT2D eigenvalue weighted by Crippen LogP contribution is 2.19. The van der Waals surface area contributed by atoms with E-state index in [0.717, 1.165) is 11.5 Å². The number of carbonyl (C=O) groups excluding carboxylic acids is 1. The van der Waals surface area contributed by atoms with E-state index in [4.69, 9.17) is 4.42 Å². The van der Waals surface area contributed by atoms with Gasteiger partial charge in [-0.15, -0.1) is 0 Å². The zero-order valence-corrected chi connectivity index (χ0v) is 11.1. The number of furan rings is 1. The molecule has 0 atom stereocenters. The Morgan fingerprint density at radius 3 is 2.72 bits per heavy atom. The molecular weight excluding hydrogens is 232 g/mol. The number of likely N-dealkylation sites (N-methyl/N-ethyl adjacent to an activating group) is 1. The Kier molecular flexibility index (Phi) is 3.45. The molecule has 5 heteroatoms. The minimum Gasteiger partial charge on any atom is -0.464 e. The van der Waals surface area contributed by atoms with Crippen LogP contribution in [0.4, 0.5) is 0 Å². The number of β-amino-alcohol motifs (C(OH)–C–C–N with tert-alkyl or cyclic N) is 1. The van der Waals surface area contributed by atoms with Crippen LogP contribution in [0.5, 0.6) is 0 Å². The zero-order chi connectivity index (χ0) is 13.3. The third-order valence-corrected chi connectivity index (χ3v) is 3.10. The number of aryl methyl sites for hydroxylation is 1. The SMILES string of the molecule is Cc1ccc(CN(C)C(=O)CN2CC(C)(O)C2)o1. The summed E-state index contributed by atoms with van der Waals surface area (Å²) in [5, 5.41) is 9.59. The van der Waals surface area contributed by atoms with E-state index in [1.807, 2.05) is 24.0 Å². The fourth-order valence-electron chi connectivity index (χ4n) is 2.23. The Morgan fingerprint density at radius 2 is 2.22 bits per heavy atom. The first kappa shape index (κ1) is 13.1. The molecule has 1 amide bonds. The number of rotatable bonds is 4. The summed E-state index contributed by atoms with van der Waals surface area (Å²) >= 11 is 0. The summed E-state index contributed by atoms with van der Waals surface area (Å²) in [4.78, 5) is 15.5. The first-order chi connectivity index (χ1) is 8.35. The van der Waals surface area contributed by atoms with Crippen molar-refractivity contribution in [1.29, 1.82) is 0 Å². The molecule has 18 heavy (non-hydrogen) atoms. The van der Waals surface area contributed by atoms with E-state index in [1.54, 1.807) is 18.9 Å². The van der Waals surface area contributed by atoms with Gasteiger partial charge >= 0.3 is 0 Å². The van der Waals surface area contributed by atoms with Gasteiger partial charge in [-0.3, -0.25) is 9.69 Å². The number of amides is 1. The summed E-state index contributed by atoms with van der Waals surface area (Å²) in [6.45, 7) is 5.62. The van der Waals surface area contributed by atoms with Crippen LogP contribution < -0.4 is 0 Å². The topological polar surface area (TPSA) is 56.9 Å². The summed E-state index contributed by atoms with van der Waals surface area (Å²) < 4.78 is 5.44. The number of hydrogen-bond acceptors (Lipinski definition) is 4. The molecule has 0 aromatic carbocycles. The first-order valence-electron chi connectivity index (χ1n) is 6.10. The van der Waals surface area contributed by atoms with Crippen LogP contribution in [0.2, 0.25) is 0 Å². The van der Waals surface area contributed by atoms with E-state index in [-0.39, 0.29) is 5.91 Å². The van der Waals surface area contributed by atoms with E-state index in [9.17, 15) is 9.90 Å². The molecule has 2 heterocycles. The fraction of sp³-hybridized carbons (Fsp3) is 0.615. The standard InChI is InChI=1S/C13H20N2O3/c1-10-4-5-11(18-10)6-14(3)12(16)7-15-8-13(2,17)9-15/h4-5,17H,6-9H2,1-3H3. The van der Waals surface area contributed by atoms with Gasteiger partial charge in [-0.1, -0.05) is 0 Å². The first-order valence-corrected chi connectivity index (χ1v) is 6.10. The van der Waals surface area contributed by atoms with Crippen LogP contribution >= 0.6 is 0 Å². The lowest BCUT2D eigenvalue weighted by Crippen LogP contribution is -2.61. The van der Waals surface area contributed by atoms with Crippen molar-refractivity contribution in [2.45, 2.75) is 26.0 Å². The van der Waals surface area contributed by atoms with Gasteiger partial charge in [-0.05, 0) is 26.0 Å². The van der Waals surface area contributed by atoms with Gasteiger partial charge in [0.05, 0.1) is 18.7 Å². The van der Waals surface area contributed by atoms with Gasteiger partial charge in [-0.25, -0.2) is 0 Å².